The van der Waals surface area contributed by atoms with Crippen molar-refractivity contribution >= 4 is 28.4 Å². The van der Waals surface area contributed by atoms with Crippen LogP contribution in [0, 0.1) is 17.5 Å². The highest BCUT2D eigenvalue weighted by atomic mass is 19.2. The van der Waals surface area contributed by atoms with Crippen molar-refractivity contribution in [1.29, 1.82) is 0 Å². The Morgan fingerprint density at radius 2 is 1.83 bits per heavy atom. The first-order valence-corrected chi connectivity index (χ1v) is 9.35. The zero-order valence-corrected chi connectivity index (χ0v) is 16.0. The fourth-order valence-electron chi connectivity index (χ4n) is 3.57. The van der Waals surface area contributed by atoms with Gasteiger partial charge in [0.15, 0.2) is 11.6 Å². The quantitative estimate of drug-likeness (QED) is 0.517. The second-order valence-electron chi connectivity index (χ2n) is 6.78. The summed E-state index contributed by atoms with van der Waals surface area (Å²) in [5.41, 5.74) is 1.62. The maximum absolute atomic E-state index is 14.2. The number of nitrogens with zero attached hydrogens (tertiary/aromatic N) is 1. The van der Waals surface area contributed by atoms with Gasteiger partial charge in [-0.2, -0.15) is 0 Å². The molecule has 0 unspecified atom stereocenters. The largest absolute Gasteiger partial charge is 0.462 e. The van der Waals surface area contributed by atoms with Gasteiger partial charge >= 0.3 is 5.97 Å². The van der Waals surface area contributed by atoms with Crippen LogP contribution in [0.3, 0.4) is 0 Å². The van der Waals surface area contributed by atoms with Crippen molar-refractivity contribution in [3.8, 4) is 0 Å². The third-order valence-electron chi connectivity index (χ3n) is 4.97. The van der Waals surface area contributed by atoms with Crippen LogP contribution in [-0.2, 0) is 16.0 Å². The number of hydrogen-bond acceptors (Lipinski definition) is 3. The third kappa shape index (κ3) is 3.34. The molecular formula is C22H17F3N2O3. The topological polar surface area (TPSA) is 62.4 Å². The van der Waals surface area contributed by atoms with Crippen molar-refractivity contribution < 1.29 is 27.5 Å². The van der Waals surface area contributed by atoms with Crippen LogP contribution in [0.2, 0.25) is 0 Å². The van der Waals surface area contributed by atoms with Crippen molar-refractivity contribution in [1.82, 2.24) is 9.88 Å². The van der Waals surface area contributed by atoms with E-state index in [0.29, 0.717) is 24.2 Å². The number of amides is 1. The number of aromatic amines is 1. The molecule has 154 valence electrons. The first-order chi connectivity index (χ1) is 14.4. The Bertz CT molecular complexity index is 1200. The van der Waals surface area contributed by atoms with Gasteiger partial charge in [0.1, 0.15) is 5.82 Å². The van der Waals surface area contributed by atoms with Crippen LogP contribution in [0.25, 0.3) is 16.5 Å². The second-order valence-corrected chi connectivity index (χ2v) is 6.78. The molecule has 0 aliphatic carbocycles. The van der Waals surface area contributed by atoms with E-state index in [0.717, 1.165) is 21.4 Å². The van der Waals surface area contributed by atoms with E-state index >= 15 is 0 Å². The minimum atomic E-state index is -1.39. The minimum Gasteiger partial charge on any atom is -0.462 e. The summed E-state index contributed by atoms with van der Waals surface area (Å²) in [6, 6.07) is 8.31. The summed E-state index contributed by atoms with van der Waals surface area (Å²) in [6.07, 6.45) is 1.62. The molecular weight excluding hydrogens is 397 g/mol. The highest BCUT2D eigenvalue weighted by Crippen LogP contribution is 2.32. The first-order valence-electron chi connectivity index (χ1n) is 9.35. The molecule has 3 aromatic rings. The zero-order chi connectivity index (χ0) is 21.4. The van der Waals surface area contributed by atoms with Gasteiger partial charge in [-0.15, -0.1) is 0 Å². The molecule has 2 aromatic carbocycles. The van der Waals surface area contributed by atoms with Crippen molar-refractivity contribution in [2.45, 2.75) is 13.3 Å². The van der Waals surface area contributed by atoms with Crippen LogP contribution in [0.15, 0.2) is 42.6 Å². The van der Waals surface area contributed by atoms with Crippen LogP contribution in [0.1, 0.15) is 28.5 Å². The number of para-hydroxylation sites is 1. The predicted molar refractivity (Wildman–Crippen MR) is 104 cm³/mol. The number of rotatable bonds is 3. The molecule has 0 spiro atoms. The summed E-state index contributed by atoms with van der Waals surface area (Å²) in [6.45, 7) is 1.88. The third-order valence-corrected chi connectivity index (χ3v) is 4.97. The Morgan fingerprint density at radius 1 is 1.10 bits per heavy atom. The molecule has 5 nitrogen and oxygen atoms in total. The van der Waals surface area contributed by atoms with Gasteiger partial charge in [0, 0.05) is 29.7 Å². The molecule has 4 rings (SSSR count). The standard InChI is InChI=1S/C22H17F3N2O3/c1-2-30-22(29)15-11-27(21(28)14-9-17(24)18(25)10-16(14)23)8-7-13-12-5-3-4-6-19(12)26-20(13)15/h3-6,9-11,26H,2,7-8H2,1H3. The van der Waals surface area contributed by atoms with E-state index < -0.39 is 34.9 Å². The number of halogens is 3. The molecule has 1 aliphatic heterocycles. The average molecular weight is 414 g/mol. The number of carbonyl (C=O) groups excluding carboxylic acids is 2. The Hall–Kier alpha value is -3.55. The molecule has 0 saturated carbocycles. The van der Waals surface area contributed by atoms with Gasteiger partial charge in [0.25, 0.3) is 5.91 Å². The van der Waals surface area contributed by atoms with Crippen molar-refractivity contribution in [2.24, 2.45) is 0 Å². The number of nitrogens with one attached hydrogen (secondary N) is 1. The molecule has 1 aromatic heterocycles. The Kier molecular flexibility index (Phi) is 5.07. The van der Waals surface area contributed by atoms with Gasteiger partial charge in [-0.25, -0.2) is 18.0 Å². The molecule has 8 heteroatoms. The van der Waals surface area contributed by atoms with Gasteiger partial charge in [-0.05, 0) is 31.0 Å². The molecule has 1 amide bonds. The summed E-state index contributed by atoms with van der Waals surface area (Å²) >= 11 is 0. The summed E-state index contributed by atoms with van der Waals surface area (Å²) < 4.78 is 46.1. The Labute approximate surface area is 169 Å². The van der Waals surface area contributed by atoms with Crippen LogP contribution in [-0.4, -0.2) is 34.9 Å². The smallest absolute Gasteiger partial charge is 0.341 e. The Balaban J connectivity index is 1.81. The lowest BCUT2D eigenvalue weighted by Crippen LogP contribution is -2.29. The predicted octanol–water partition coefficient (Wildman–Crippen LogP) is 4.19. The fourth-order valence-corrected chi connectivity index (χ4v) is 3.57. The lowest BCUT2D eigenvalue weighted by Gasteiger charge is -2.18. The maximum atomic E-state index is 14.2. The van der Waals surface area contributed by atoms with Gasteiger partial charge < -0.3 is 14.6 Å². The van der Waals surface area contributed by atoms with Crippen LogP contribution < -0.4 is 0 Å². The fraction of sp³-hybridized carbons (Fsp3) is 0.182. The van der Waals surface area contributed by atoms with Crippen molar-refractivity contribution in [2.75, 3.05) is 13.2 Å². The number of esters is 1. The number of hydrogen-bond donors (Lipinski definition) is 1. The highest BCUT2D eigenvalue weighted by molar-refractivity contribution is 6.18. The number of aromatic nitrogens is 1. The van der Waals surface area contributed by atoms with Gasteiger partial charge in [-0.3, -0.25) is 4.79 Å². The van der Waals surface area contributed by atoms with E-state index in [1.807, 2.05) is 24.3 Å². The monoisotopic (exact) mass is 414 g/mol. The van der Waals surface area contributed by atoms with Crippen molar-refractivity contribution in [3.05, 3.63) is 76.9 Å². The summed E-state index contributed by atoms with van der Waals surface area (Å²) in [5.74, 6) is -5.44. The molecule has 30 heavy (non-hydrogen) atoms. The normalized spacial score (nSPS) is 13.6. The molecule has 0 bridgehead atoms. The summed E-state index contributed by atoms with van der Waals surface area (Å²) in [4.78, 5) is 29.8. The van der Waals surface area contributed by atoms with Gasteiger partial charge in [-0.1, -0.05) is 18.2 Å². The number of H-pyrrole nitrogens is 1. The van der Waals surface area contributed by atoms with E-state index in [1.54, 1.807) is 6.92 Å². The summed E-state index contributed by atoms with van der Waals surface area (Å²) in [5, 5.41) is 0.885. The highest BCUT2D eigenvalue weighted by Gasteiger charge is 2.29. The van der Waals surface area contributed by atoms with Crippen LogP contribution >= 0.6 is 0 Å². The molecule has 1 aliphatic rings. The molecule has 2 heterocycles. The molecule has 0 fully saturated rings. The van der Waals surface area contributed by atoms with E-state index in [2.05, 4.69) is 4.98 Å². The average Bonchev–Trinajstić information content (AvgIpc) is 2.98. The van der Waals surface area contributed by atoms with E-state index in [4.69, 9.17) is 4.74 Å². The Morgan fingerprint density at radius 3 is 2.60 bits per heavy atom. The number of fused-ring (bicyclic) bond motifs is 3. The zero-order valence-electron chi connectivity index (χ0n) is 16.0. The lowest BCUT2D eigenvalue weighted by molar-refractivity contribution is -0.136. The van der Waals surface area contributed by atoms with E-state index in [9.17, 15) is 22.8 Å². The van der Waals surface area contributed by atoms with E-state index in [-0.39, 0.29) is 18.7 Å². The number of ether oxygens (including phenoxy) is 1. The number of carbonyl (C=O) groups is 2. The maximum Gasteiger partial charge on any atom is 0.341 e. The van der Waals surface area contributed by atoms with Crippen LogP contribution in [0.4, 0.5) is 13.2 Å². The number of benzene rings is 2. The van der Waals surface area contributed by atoms with Crippen LogP contribution in [0.5, 0.6) is 0 Å². The molecule has 0 radical (unpaired) electrons. The molecule has 0 saturated heterocycles. The lowest BCUT2D eigenvalue weighted by atomic mass is 10.0. The minimum absolute atomic E-state index is 0.0943. The van der Waals surface area contributed by atoms with Gasteiger partial charge in [0.05, 0.1) is 23.4 Å². The summed E-state index contributed by atoms with van der Waals surface area (Å²) in [7, 11) is 0. The van der Waals surface area contributed by atoms with Gasteiger partial charge in [0.2, 0.25) is 0 Å². The van der Waals surface area contributed by atoms with Crippen molar-refractivity contribution in [3.63, 3.8) is 0 Å². The van der Waals surface area contributed by atoms with E-state index in [1.165, 1.54) is 6.20 Å². The second kappa shape index (κ2) is 7.70. The first kappa shape index (κ1) is 19.8. The SMILES string of the molecule is CCOC(=O)C1=CN(C(=O)c2cc(F)c(F)cc2F)CCc2c1[nH]c1ccccc21. The molecule has 1 N–H and O–H groups in total. The molecule has 0 atom stereocenters.